The molecule has 0 aliphatic heterocycles. The van der Waals surface area contributed by atoms with Gasteiger partial charge in [0.2, 0.25) is 0 Å². The van der Waals surface area contributed by atoms with E-state index in [1.54, 1.807) is 0 Å². The number of thiocarbonyl (C=S) groups is 1. The normalized spacial score (nSPS) is 10.2. The van der Waals surface area contributed by atoms with Gasteiger partial charge in [-0.3, -0.25) is 0 Å². The molecule has 0 radical (unpaired) electrons. The van der Waals surface area contributed by atoms with E-state index >= 15 is 0 Å². The zero-order valence-electron chi connectivity index (χ0n) is 6.40. The molecule has 66 valence electrons. The average Bonchev–Trinajstić information content (AvgIpc) is 2.09. The number of nitrogens with zero attached hydrogens (tertiary/aromatic N) is 2. The summed E-state index contributed by atoms with van der Waals surface area (Å²) < 4.78 is 3.59. The maximum absolute atomic E-state index is 8.41. The van der Waals surface area contributed by atoms with Gasteiger partial charge >= 0.3 is 78.7 Å². The molecule has 0 aromatic carbocycles. The van der Waals surface area contributed by atoms with Gasteiger partial charge in [-0.25, -0.2) is 0 Å². The molecule has 0 bridgehead atoms. The third kappa shape index (κ3) is 7.72. The van der Waals surface area contributed by atoms with Crippen molar-refractivity contribution in [1.29, 1.82) is 0 Å². The molecule has 0 saturated carbocycles. The summed E-state index contributed by atoms with van der Waals surface area (Å²) in [4.78, 5) is 0. The quantitative estimate of drug-likeness (QED) is 0.182. The van der Waals surface area contributed by atoms with Gasteiger partial charge in [-0.15, -0.1) is 0 Å². The van der Waals surface area contributed by atoms with Crippen molar-refractivity contribution in [3.05, 3.63) is 0 Å². The van der Waals surface area contributed by atoms with E-state index < -0.39 is 0 Å². The zero-order valence-corrected chi connectivity index (χ0v) is 8.37. The number of aliphatic hydroxyl groups excluding tert-OH is 1. The van der Waals surface area contributed by atoms with Crippen LogP contribution >= 0.6 is 21.6 Å². The first-order valence-electron chi connectivity index (χ1n) is 3.21. The molecule has 1 unspecified atom stereocenters. The van der Waals surface area contributed by atoms with E-state index in [9.17, 15) is 0 Å². The van der Waals surface area contributed by atoms with Gasteiger partial charge in [0.15, 0.2) is 0 Å². The molecule has 0 aromatic heterocycles. The van der Waals surface area contributed by atoms with E-state index in [1.807, 2.05) is 0 Å². The van der Waals surface area contributed by atoms with Crippen molar-refractivity contribution in [2.24, 2.45) is 9.77 Å². The van der Waals surface area contributed by atoms with E-state index in [0.717, 1.165) is 0 Å². The Hall–Kier alpha value is -0.385. The molecule has 0 aromatic rings. The van der Waals surface area contributed by atoms with Crippen LogP contribution in [0.1, 0.15) is 0 Å². The van der Waals surface area contributed by atoms with E-state index in [2.05, 4.69) is 29.9 Å². The van der Waals surface area contributed by atoms with Crippen molar-refractivity contribution in [1.82, 2.24) is 10.7 Å². The number of hydrazone groups is 1. The molecule has 5 nitrogen and oxygen atoms in total. The SMILES string of the molecule is OCCNC(=S)NN=C/B=N/P. The van der Waals surface area contributed by atoms with Crippen molar-refractivity contribution in [3.8, 4) is 0 Å². The fraction of sp³-hybridized carbons (Fsp3) is 0.500. The van der Waals surface area contributed by atoms with Gasteiger partial charge in [0.1, 0.15) is 0 Å². The fourth-order valence-corrected chi connectivity index (χ4v) is 0.608. The van der Waals surface area contributed by atoms with Crippen molar-refractivity contribution < 1.29 is 5.11 Å². The molecule has 0 heterocycles. The predicted molar refractivity (Wildman–Crippen MR) is 57.2 cm³/mol. The van der Waals surface area contributed by atoms with Crippen molar-refractivity contribution in [2.45, 2.75) is 0 Å². The maximum atomic E-state index is 8.41. The molecular formula is C4H10BN4OPS. The van der Waals surface area contributed by atoms with Gasteiger partial charge in [-0.05, 0) is 0 Å². The van der Waals surface area contributed by atoms with E-state index in [1.165, 1.54) is 13.2 Å². The number of rotatable bonds is 4. The van der Waals surface area contributed by atoms with E-state index in [0.29, 0.717) is 11.7 Å². The van der Waals surface area contributed by atoms with Crippen LogP contribution in [0, 0.1) is 0 Å². The van der Waals surface area contributed by atoms with Crippen LogP contribution in [-0.2, 0) is 0 Å². The summed E-state index contributed by atoms with van der Waals surface area (Å²) in [5, 5.41) is 15.2. The Morgan fingerprint density at radius 2 is 2.50 bits per heavy atom. The van der Waals surface area contributed by atoms with E-state index in [-0.39, 0.29) is 6.61 Å². The van der Waals surface area contributed by atoms with Gasteiger partial charge in [0.25, 0.3) is 0 Å². The molecule has 0 amide bonds. The van der Waals surface area contributed by atoms with Gasteiger partial charge in [-0.2, -0.15) is 0 Å². The molecule has 0 rings (SSSR count). The van der Waals surface area contributed by atoms with Gasteiger partial charge in [-0.1, -0.05) is 0 Å². The summed E-state index contributed by atoms with van der Waals surface area (Å²) >= 11 is 4.77. The first kappa shape index (κ1) is 11.6. The van der Waals surface area contributed by atoms with Crippen molar-refractivity contribution >= 4 is 39.9 Å². The third-order valence-corrected chi connectivity index (χ3v) is 1.20. The number of hydrogen-bond acceptors (Lipinski definition) is 4. The van der Waals surface area contributed by atoms with Gasteiger partial charge in [0.05, 0.1) is 0 Å². The summed E-state index contributed by atoms with van der Waals surface area (Å²) in [6.45, 7) is 0.456. The predicted octanol–water partition coefficient (Wildman–Crippen LogP) is -0.936. The molecule has 3 N–H and O–H groups in total. The fourth-order valence-electron chi connectivity index (χ4n) is 0.377. The second-order valence-electron chi connectivity index (χ2n) is 1.67. The molecular weight excluding hydrogens is 194 g/mol. The molecule has 1 atom stereocenters. The second-order valence-corrected chi connectivity index (χ2v) is 2.37. The number of aliphatic hydroxyl groups is 1. The van der Waals surface area contributed by atoms with Crippen LogP contribution in [0.4, 0.5) is 0 Å². The first-order valence-corrected chi connectivity index (χ1v) is 4.13. The Balaban J connectivity index is 3.43. The standard InChI is InChI=1S/C4H10BN4OPS/c10-2-1-6-4(12)8-7-3-5-9-11/h3,10H,1-2,11H2,(H2,6,8,12). The van der Waals surface area contributed by atoms with Crippen LogP contribution in [0.3, 0.4) is 0 Å². The van der Waals surface area contributed by atoms with Gasteiger partial charge in [0, 0.05) is 0 Å². The van der Waals surface area contributed by atoms with E-state index in [4.69, 9.17) is 17.3 Å². The molecule has 0 spiro atoms. The monoisotopic (exact) mass is 204 g/mol. The Labute approximate surface area is 79.2 Å². The molecule has 0 saturated heterocycles. The summed E-state index contributed by atoms with van der Waals surface area (Å²) in [6.07, 6.45) is 1.46. The summed E-state index contributed by atoms with van der Waals surface area (Å²) in [5.41, 5.74) is 2.53. The topological polar surface area (TPSA) is 69.0 Å². The minimum absolute atomic E-state index is 0.0403. The van der Waals surface area contributed by atoms with Crippen LogP contribution in [0.15, 0.2) is 9.77 Å². The van der Waals surface area contributed by atoms with Crippen LogP contribution < -0.4 is 10.7 Å². The number of nitrogens with one attached hydrogen (secondary N) is 2. The minimum atomic E-state index is 0.0403. The molecule has 0 aliphatic carbocycles. The summed E-state index contributed by atoms with van der Waals surface area (Å²) in [6, 6.07) is 0. The zero-order chi connectivity index (χ0) is 9.23. The van der Waals surface area contributed by atoms with Crippen LogP contribution in [0.5, 0.6) is 0 Å². The Morgan fingerprint density at radius 1 is 1.75 bits per heavy atom. The van der Waals surface area contributed by atoms with Crippen molar-refractivity contribution in [3.63, 3.8) is 0 Å². The van der Waals surface area contributed by atoms with Crippen LogP contribution in [0.2, 0.25) is 0 Å². The molecule has 8 heteroatoms. The average molecular weight is 204 g/mol. The Bertz CT molecular complexity index is 188. The number of hydrogen-bond donors (Lipinski definition) is 3. The molecule has 12 heavy (non-hydrogen) atoms. The summed E-state index contributed by atoms with van der Waals surface area (Å²) in [7, 11) is 3.66. The Morgan fingerprint density at radius 3 is 3.08 bits per heavy atom. The van der Waals surface area contributed by atoms with Gasteiger partial charge < -0.3 is 0 Å². The molecule has 0 aliphatic rings. The second kappa shape index (κ2) is 8.71. The summed E-state index contributed by atoms with van der Waals surface area (Å²) in [5.74, 6) is 0. The third-order valence-electron chi connectivity index (χ3n) is 0.791. The van der Waals surface area contributed by atoms with Crippen molar-refractivity contribution in [2.75, 3.05) is 13.2 Å². The Kier molecular flexibility index (Phi) is 8.43. The molecule has 0 fully saturated rings. The first-order chi connectivity index (χ1) is 5.81. The van der Waals surface area contributed by atoms with Crippen LogP contribution in [0.25, 0.3) is 0 Å². The van der Waals surface area contributed by atoms with Crippen LogP contribution in [-0.4, -0.2) is 36.6 Å².